The third-order valence-corrected chi connectivity index (χ3v) is 3.33. The molecule has 0 radical (unpaired) electrons. The van der Waals surface area contributed by atoms with E-state index < -0.39 is 11.4 Å². The highest BCUT2D eigenvalue weighted by Crippen LogP contribution is 2.15. The monoisotopic (exact) mass is 272 g/mol. The van der Waals surface area contributed by atoms with Crippen LogP contribution in [0.4, 0.5) is 4.79 Å². The summed E-state index contributed by atoms with van der Waals surface area (Å²) in [5, 5.41) is 11.7. The second kappa shape index (κ2) is 6.75. The molecule has 0 bridgehead atoms. The summed E-state index contributed by atoms with van der Waals surface area (Å²) >= 11 is 0. The van der Waals surface area contributed by atoms with Gasteiger partial charge in [-0.3, -0.25) is 4.79 Å². The van der Waals surface area contributed by atoms with Crippen LogP contribution < -0.4 is 5.32 Å². The first-order valence-electron chi connectivity index (χ1n) is 6.74. The molecule has 6 heteroatoms. The van der Waals surface area contributed by atoms with Gasteiger partial charge in [0.05, 0.1) is 11.5 Å². The Bertz CT molecular complexity index is 329. The van der Waals surface area contributed by atoms with Crippen LogP contribution in [-0.4, -0.2) is 54.4 Å². The summed E-state index contributed by atoms with van der Waals surface area (Å²) in [7, 11) is 0. The quantitative estimate of drug-likeness (QED) is 0.791. The van der Waals surface area contributed by atoms with Crippen molar-refractivity contribution in [3.05, 3.63) is 0 Å². The highest BCUT2D eigenvalue weighted by molar-refractivity contribution is 5.77. The number of nitrogens with one attached hydrogen (secondary N) is 1. The Morgan fingerprint density at radius 1 is 1.47 bits per heavy atom. The fourth-order valence-corrected chi connectivity index (χ4v) is 1.98. The van der Waals surface area contributed by atoms with Crippen molar-refractivity contribution in [2.24, 2.45) is 5.41 Å². The van der Waals surface area contributed by atoms with Crippen molar-refractivity contribution in [2.45, 2.75) is 39.7 Å². The maximum atomic E-state index is 12.0. The molecule has 1 aliphatic rings. The Morgan fingerprint density at radius 3 is 2.74 bits per heavy atom. The van der Waals surface area contributed by atoms with E-state index in [1.165, 1.54) is 0 Å². The normalized spacial score (nSPS) is 20.2. The SMILES string of the molecule is CCOC1CCCN(C(=O)NCC(C)(C)C(=O)O)C1. The molecule has 0 spiro atoms. The number of rotatable bonds is 5. The van der Waals surface area contributed by atoms with Gasteiger partial charge in [0, 0.05) is 26.2 Å². The van der Waals surface area contributed by atoms with Crippen molar-refractivity contribution in [2.75, 3.05) is 26.2 Å². The lowest BCUT2D eigenvalue weighted by molar-refractivity contribution is -0.146. The number of hydrogen-bond donors (Lipinski definition) is 2. The molecule has 19 heavy (non-hydrogen) atoms. The molecule has 0 aromatic carbocycles. The van der Waals surface area contributed by atoms with E-state index in [-0.39, 0.29) is 18.7 Å². The topological polar surface area (TPSA) is 78.9 Å². The number of amides is 2. The predicted octanol–water partition coefficient (Wildman–Crippen LogP) is 1.31. The van der Waals surface area contributed by atoms with E-state index in [4.69, 9.17) is 9.84 Å². The number of carboxylic acids is 1. The molecule has 1 aliphatic heterocycles. The van der Waals surface area contributed by atoms with Gasteiger partial charge in [-0.2, -0.15) is 0 Å². The van der Waals surface area contributed by atoms with E-state index in [1.54, 1.807) is 18.7 Å². The van der Waals surface area contributed by atoms with Crippen LogP contribution >= 0.6 is 0 Å². The zero-order chi connectivity index (χ0) is 14.5. The predicted molar refractivity (Wildman–Crippen MR) is 71.0 cm³/mol. The smallest absolute Gasteiger partial charge is 0.317 e. The highest BCUT2D eigenvalue weighted by atomic mass is 16.5. The van der Waals surface area contributed by atoms with E-state index in [0.29, 0.717) is 19.7 Å². The molecular weight excluding hydrogens is 248 g/mol. The minimum absolute atomic E-state index is 0.0944. The number of urea groups is 1. The van der Waals surface area contributed by atoms with Crippen molar-refractivity contribution in [1.29, 1.82) is 0 Å². The number of aliphatic carboxylic acids is 1. The summed E-state index contributed by atoms with van der Waals surface area (Å²) in [5.74, 6) is -0.918. The molecule has 1 fully saturated rings. The molecule has 1 rings (SSSR count). The van der Waals surface area contributed by atoms with Crippen molar-refractivity contribution < 1.29 is 19.4 Å². The summed E-state index contributed by atoms with van der Waals surface area (Å²) in [6, 6.07) is -0.210. The summed E-state index contributed by atoms with van der Waals surface area (Å²) in [6.07, 6.45) is 1.98. The van der Waals surface area contributed by atoms with Gasteiger partial charge in [0.25, 0.3) is 0 Å². The Hall–Kier alpha value is -1.30. The van der Waals surface area contributed by atoms with Crippen LogP contribution in [-0.2, 0) is 9.53 Å². The number of nitrogens with zero attached hydrogens (tertiary/aromatic N) is 1. The second-order valence-corrected chi connectivity index (χ2v) is 5.51. The molecule has 0 aromatic rings. The van der Waals surface area contributed by atoms with Crippen molar-refractivity contribution in [1.82, 2.24) is 10.2 Å². The lowest BCUT2D eigenvalue weighted by atomic mass is 9.94. The van der Waals surface area contributed by atoms with Crippen molar-refractivity contribution >= 4 is 12.0 Å². The summed E-state index contributed by atoms with van der Waals surface area (Å²) in [5.41, 5.74) is -0.954. The van der Waals surface area contributed by atoms with Crippen LogP contribution in [0, 0.1) is 5.41 Å². The first-order chi connectivity index (χ1) is 8.86. The standard InChI is InChI=1S/C13H24N2O4/c1-4-19-10-6-5-7-15(8-10)12(18)14-9-13(2,3)11(16)17/h10H,4-9H2,1-3H3,(H,14,18)(H,16,17). The molecule has 0 aliphatic carbocycles. The molecule has 1 unspecified atom stereocenters. The molecular formula is C13H24N2O4. The maximum Gasteiger partial charge on any atom is 0.317 e. The zero-order valence-electron chi connectivity index (χ0n) is 11.9. The van der Waals surface area contributed by atoms with Gasteiger partial charge in [-0.05, 0) is 33.6 Å². The van der Waals surface area contributed by atoms with Crippen molar-refractivity contribution in [3.8, 4) is 0 Å². The number of piperidine rings is 1. The van der Waals surface area contributed by atoms with E-state index >= 15 is 0 Å². The Kier molecular flexibility index (Phi) is 5.60. The Balaban J connectivity index is 2.43. The van der Waals surface area contributed by atoms with Gasteiger partial charge < -0.3 is 20.1 Å². The van der Waals surface area contributed by atoms with Crippen LogP contribution in [0.1, 0.15) is 33.6 Å². The van der Waals surface area contributed by atoms with E-state index in [2.05, 4.69) is 5.32 Å². The third-order valence-electron chi connectivity index (χ3n) is 3.33. The van der Waals surface area contributed by atoms with Crippen LogP contribution in [0.5, 0.6) is 0 Å². The number of carbonyl (C=O) groups is 2. The molecule has 2 N–H and O–H groups in total. The maximum absolute atomic E-state index is 12.0. The van der Waals surface area contributed by atoms with E-state index in [9.17, 15) is 9.59 Å². The van der Waals surface area contributed by atoms with Gasteiger partial charge >= 0.3 is 12.0 Å². The lowest BCUT2D eigenvalue weighted by Crippen LogP contribution is -2.50. The first-order valence-corrected chi connectivity index (χ1v) is 6.74. The molecule has 1 atom stereocenters. The van der Waals surface area contributed by atoms with Crippen LogP contribution in [0.25, 0.3) is 0 Å². The third kappa shape index (κ3) is 4.70. The highest BCUT2D eigenvalue weighted by Gasteiger charge is 2.29. The van der Waals surface area contributed by atoms with E-state index in [0.717, 1.165) is 12.8 Å². The van der Waals surface area contributed by atoms with Gasteiger partial charge in [-0.15, -0.1) is 0 Å². The van der Waals surface area contributed by atoms with Crippen LogP contribution in [0.2, 0.25) is 0 Å². The molecule has 0 saturated carbocycles. The summed E-state index contributed by atoms with van der Waals surface area (Å²) in [4.78, 5) is 24.6. The van der Waals surface area contributed by atoms with Gasteiger partial charge in [-0.1, -0.05) is 0 Å². The molecule has 110 valence electrons. The fraction of sp³-hybridized carbons (Fsp3) is 0.846. The summed E-state index contributed by atoms with van der Waals surface area (Å²) in [6.45, 7) is 7.16. The number of hydrogen-bond acceptors (Lipinski definition) is 3. The Labute approximate surface area is 114 Å². The fourth-order valence-electron chi connectivity index (χ4n) is 1.98. The van der Waals surface area contributed by atoms with Crippen LogP contribution in [0.15, 0.2) is 0 Å². The Morgan fingerprint density at radius 2 is 2.16 bits per heavy atom. The van der Waals surface area contributed by atoms with Gasteiger partial charge in [0.2, 0.25) is 0 Å². The average Bonchev–Trinajstić information content (AvgIpc) is 2.36. The summed E-state index contributed by atoms with van der Waals surface area (Å²) < 4.78 is 5.53. The van der Waals surface area contributed by atoms with Gasteiger partial charge in [-0.25, -0.2) is 4.79 Å². The molecule has 0 aromatic heterocycles. The number of carbonyl (C=O) groups excluding carboxylic acids is 1. The number of likely N-dealkylation sites (tertiary alicyclic amines) is 1. The van der Waals surface area contributed by atoms with Crippen molar-refractivity contribution in [3.63, 3.8) is 0 Å². The lowest BCUT2D eigenvalue weighted by Gasteiger charge is -2.33. The minimum atomic E-state index is -0.954. The zero-order valence-corrected chi connectivity index (χ0v) is 11.9. The second-order valence-electron chi connectivity index (χ2n) is 5.51. The minimum Gasteiger partial charge on any atom is -0.481 e. The molecule has 1 saturated heterocycles. The van der Waals surface area contributed by atoms with Gasteiger partial charge in [0.15, 0.2) is 0 Å². The average molecular weight is 272 g/mol. The van der Waals surface area contributed by atoms with Crippen LogP contribution in [0.3, 0.4) is 0 Å². The largest absolute Gasteiger partial charge is 0.481 e. The molecule has 2 amide bonds. The number of ether oxygens (including phenoxy) is 1. The van der Waals surface area contributed by atoms with E-state index in [1.807, 2.05) is 6.92 Å². The van der Waals surface area contributed by atoms with Gasteiger partial charge in [0.1, 0.15) is 0 Å². The molecule has 6 nitrogen and oxygen atoms in total. The number of carboxylic acid groups (broad SMARTS) is 1. The first kappa shape index (κ1) is 15.8. The molecule has 1 heterocycles.